The van der Waals surface area contributed by atoms with Crippen LogP contribution in [0.5, 0.6) is 0 Å². The predicted molar refractivity (Wildman–Crippen MR) is 67.4 cm³/mol. The monoisotopic (exact) mass is 237 g/mol. The largest absolute Gasteiger partial charge is 0.345 e. The minimum atomic E-state index is 0.155. The summed E-state index contributed by atoms with van der Waals surface area (Å²) < 4.78 is 0. The quantitative estimate of drug-likeness (QED) is 0.644. The lowest BCUT2D eigenvalue weighted by Crippen LogP contribution is -2.34. The number of hydrogen-bond donors (Lipinski definition) is 0. The Morgan fingerprint density at radius 1 is 1.35 bits per heavy atom. The average molecular weight is 237 g/mol. The fourth-order valence-corrected chi connectivity index (χ4v) is 1.98. The number of amides is 1. The van der Waals surface area contributed by atoms with Crippen molar-refractivity contribution in [2.45, 2.75) is 45.1 Å². The zero-order chi connectivity index (χ0) is 12.7. The summed E-state index contributed by atoms with van der Waals surface area (Å²) in [6, 6.07) is 2.79. The zero-order valence-corrected chi connectivity index (χ0v) is 11.0. The summed E-state index contributed by atoms with van der Waals surface area (Å²) in [5.74, 6) is 0.155. The van der Waals surface area contributed by atoms with Crippen LogP contribution >= 0.6 is 0 Å². The Hall–Kier alpha value is -1.08. The first kappa shape index (κ1) is 14.0. The van der Waals surface area contributed by atoms with E-state index in [1.54, 1.807) is 11.9 Å². The summed E-state index contributed by atoms with van der Waals surface area (Å²) in [5, 5.41) is 8.47. The van der Waals surface area contributed by atoms with Crippen LogP contribution in [0.3, 0.4) is 0 Å². The van der Waals surface area contributed by atoms with E-state index in [1.807, 2.05) is 0 Å². The van der Waals surface area contributed by atoms with Crippen LogP contribution in [-0.2, 0) is 4.79 Å². The normalized spacial score (nSPS) is 14.7. The van der Waals surface area contributed by atoms with Crippen molar-refractivity contribution in [2.24, 2.45) is 0 Å². The Balaban J connectivity index is 2.23. The molecule has 0 heterocycles. The third-order valence-electron chi connectivity index (χ3n) is 3.17. The van der Waals surface area contributed by atoms with E-state index in [0.29, 0.717) is 19.4 Å². The van der Waals surface area contributed by atoms with Crippen molar-refractivity contribution in [3.8, 4) is 6.07 Å². The Kier molecular flexibility index (Phi) is 5.99. The van der Waals surface area contributed by atoms with Gasteiger partial charge in [-0.2, -0.15) is 5.26 Å². The number of nitriles is 1. The molecule has 0 aromatic carbocycles. The summed E-state index contributed by atoms with van der Waals surface area (Å²) in [4.78, 5) is 15.9. The molecule has 0 unspecified atom stereocenters. The third kappa shape index (κ3) is 5.18. The molecule has 96 valence electrons. The average Bonchev–Trinajstić information content (AvgIpc) is 3.15. The molecule has 4 heteroatoms. The zero-order valence-electron chi connectivity index (χ0n) is 11.0. The van der Waals surface area contributed by atoms with Crippen molar-refractivity contribution in [3.63, 3.8) is 0 Å². The summed E-state index contributed by atoms with van der Waals surface area (Å²) in [6.07, 6.45) is 4.73. The van der Waals surface area contributed by atoms with Gasteiger partial charge in [-0.3, -0.25) is 9.69 Å². The lowest BCUT2D eigenvalue weighted by atomic mass is 10.3. The molecular weight excluding hydrogens is 214 g/mol. The topological polar surface area (TPSA) is 47.3 Å². The van der Waals surface area contributed by atoms with Gasteiger partial charge in [-0.15, -0.1) is 0 Å². The molecule has 1 aliphatic carbocycles. The van der Waals surface area contributed by atoms with E-state index in [2.05, 4.69) is 17.9 Å². The second-order valence-electron chi connectivity index (χ2n) is 4.74. The van der Waals surface area contributed by atoms with Crippen LogP contribution < -0.4 is 0 Å². The SMILES string of the molecule is CCCN(CCC(=O)N(C)CCC#N)C1CC1. The number of carbonyl (C=O) groups is 1. The molecule has 1 fully saturated rings. The lowest BCUT2D eigenvalue weighted by Gasteiger charge is -2.22. The van der Waals surface area contributed by atoms with Gasteiger partial charge >= 0.3 is 0 Å². The van der Waals surface area contributed by atoms with Crippen molar-refractivity contribution < 1.29 is 4.79 Å². The van der Waals surface area contributed by atoms with Gasteiger partial charge in [0, 0.05) is 32.6 Å². The first-order chi connectivity index (χ1) is 8.19. The maximum Gasteiger partial charge on any atom is 0.223 e. The second kappa shape index (κ2) is 7.29. The van der Waals surface area contributed by atoms with Gasteiger partial charge in [-0.05, 0) is 25.8 Å². The molecule has 0 N–H and O–H groups in total. The molecule has 1 rings (SSSR count). The van der Waals surface area contributed by atoms with Crippen LogP contribution in [-0.4, -0.2) is 48.4 Å². The first-order valence-corrected chi connectivity index (χ1v) is 6.54. The molecule has 0 spiro atoms. The Morgan fingerprint density at radius 2 is 2.06 bits per heavy atom. The molecule has 0 aromatic rings. The molecule has 0 aromatic heterocycles. The van der Waals surface area contributed by atoms with Gasteiger partial charge in [0.15, 0.2) is 0 Å². The standard InChI is InChI=1S/C13H23N3O/c1-3-9-16(12-5-6-12)11-7-13(17)15(2)10-4-8-14/h12H,3-7,9-11H2,1-2H3. The lowest BCUT2D eigenvalue weighted by molar-refractivity contribution is -0.130. The molecule has 0 bridgehead atoms. The number of carbonyl (C=O) groups excluding carboxylic acids is 1. The predicted octanol–water partition coefficient (Wildman–Crippen LogP) is 1.62. The van der Waals surface area contributed by atoms with Gasteiger partial charge in [0.2, 0.25) is 5.91 Å². The highest BCUT2D eigenvalue weighted by Crippen LogP contribution is 2.26. The van der Waals surface area contributed by atoms with Crippen molar-refractivity contribution in [2.75, 3.05) is 26.7 Å². The van der Waals surface area contributed by atoms with Crippen LogP contribution in [0.2, 0.25) is 0 Å². The van der Waals surface area contributed by atoms with Gasteiger partial charge in [0.05, 0.1) is 12.5 Å². The van der Waals surface area contributed by atoms with Crippen molar-refractivity contribution in [1.29, 1.82) is 5.26 Å². The van der Waals surface area contributed by atoms with E-state index in [-0.39, 0.29) is 5.91 Å². The smallest absolute Gasteiger partial charge is 0.223 e. The van der Waals surface area contributed by atoms with Crippen molar-refractivity contribution in [1.82, 2.24) is 9.80 Å². The Morgan fingerprint density at radius 3 is 2.59 bits per heavy atom. The third-order valence-corrected chi connectivity index (χ3v) is 3.17. The molecule has 1 aliphatic rings. The fourth-order valence-electron chi connectivity index (χ4n) is 1.98. The minimum Gasteiger partial charge on any atom is -0.345 e. The van der Waals surface area contributed by atoms with E-state index in [4.69, 9.17) is 5.26 Å². The molecule has 0 aliphatic heterocycles. The van der Waals surface area contributed by atoms with Gasteiger partial charge in [-0.25, -0.2) is 0 Å². The molecule has 17 heavy (non-hydrogen) atoms. The van der Waals surface area contributed by atoms with Crippen LogP contribution in [0.25, 0.3) is 0 Å². The van der Waals surface area contributed by atoms with Gasteiger partial charge in [0.25, 0.3) is 0 Å². The maximum atomic E-state index is 11.8. The molecule has 1 saturated carbocycles. The first-order valence-electron chi connectivity index (χ1n) is 6.54. The van der Waals surface area contributed by atoms with Crippen LogP contribution in [0.15, 0.2) is 0 Å². The molecule has 1 amide bonds. The highest BCUT2D eigenvalue weighted by Gasteiger charge is 2.28. The minimum absolute atomic E-state index is 0.155. The summed E-state index contributed by atoms with van der Waals surface area (Å²) in [6.45, 7) is 4.69. The fraction of sp³-hybridized carbons (Fsp3) is 0.846. The van der Waals surface area contributed by atoms with E-state index in [1.165, 1.54) is 12.8 Å². The number of rotatable bonds is 8. The van der Waals surface area contributed by atoms with E-state index in [0.717, 1.165) is 25.6 Å². The van der Waals surface area contributed by atoms with Crippen LogP contribution in [0, 0.1) is 11.3 Å². The van der Waals surface area contributed by atoms with Gasteiger partial charge < -0.3 is 4.90 Å². The van der Waals surface area contributed by atoms with Crippen molar-refractivity contribution in [3.05, 3.63) is 0 Å². The Bertz CT molecular complexity index is 281. The summed E-state index contributed by atoms with van der Waals surface area (Å²) >= 11 is 0. The highest BCUT2D eigenvalue weighted by molar-refractivity contribution is 5.76. The molecule has 0 saturated heterocycles. The maximum absolute atomic E-state index is 11.8. The van der Waals surface area contributed by atoms with E-state index < -0.39 is 0 Å². The Labute approximate surface area is 104 Å². The van der Waals surface area contributed by atoms with Crippen LogP contribution in [0.1, 0.15) is 39.0 Å². The second-order valence-corrected chi connectivity index (χ2v) is 4.74. The summed E-state index contributed by atoms with van der Waals surface area (Å²) in [7, 11) is 1.78. The molecule has 0 radical (unpaired) electrons. The molecule has 0 atom stereocenters. The highest BCUT2D eigenvalue weighted by atomic mass is 16.2. The molecular formula is C13H23N3O. The number of nitrogens with zero attached hydrogens (tertiary/aromatic N) is 3. The van der Waals surface area contributed by atoms with E-state index >= 15 is 0 Å². The van der Waals surface area contributed by atoms with Gasteiger partial charge in [0.1, 0.15) is 0 Å². The van der Waals surface area contributed by atoms with E-state index in [9.17, 15) is 4.79 Å². The number of hydrogen-bond acceptors (Lipinski definition) is 3. The van der Waals surface area contributed by atoms with Crippen LogP contribution in [0.4, 0.5) is 0 Å². The van der Waals surface area contributed by atoms with Gasteiger partial charge in [-0.1, -0.05) is 6.92 Å². The molecule has 4 nitrogen and oxygen atoms in total. The summed E-state index contributed by atoms with van der Waals surface area (Å²) in [5.41, 5.74) is 0. The van der Waals surface area contributed by atoms with Crippen molar-refractivity contribution >= 4 is 5.91 Å².